The Morgan fingerprint density at radius 1 is 0.830 bits per heavy atom. The standard InChI is InChI=1S/C45H76O2/c1-7-8-9-10-11-12-13-14-15-16-17-18-19-20-21-25-43(46)47-38-30-32-44(5)37(34-38)26-27-39-41-29-28-40(36(4)24-22-23-35(2)3)45(41,6)33-31-42(39)44/h11-12,14-15,26,35-36,38-42H,7-10,13,16-25,27-34H2,1-6H3/b12-11+,15-14+/t36-,38-,39+,40-,41+,42+,44-,45+/m0/s1. The largest absolute Gasteiger partial charge is 0.462 e. The van der Waals surface area contributed by atoms with Gasteiger partial charge in [0.25, 0.3) is 0 Å². The Hall–Kier alpha value is -1.31. The quantitative estimate of drug-likeness (QED) is 0.0746. The fourth-order valence-electron chi connectivity index (χ4n) is 11.1. The van der Waals surface area contributed by atoms with Crippen LogP contribution in [0.15, 0.2) is 36.0 Å². The Balaban J connectivity index is 1.13. The number of allylic oxidation sites excluding steroid dienone is 5. The third-order valence-electron chi connectivity index (χ3n) is 13.9. The van der Waals surface area contributed by atoms with Gasteiger partial charge in [-0.2, -0.15) is 0 Å². The Morgan fingerprint density at radius 2 is 1.55 bits per heavy atom. The van der Waals surface area contributed by atoms with Gasteiger partial charge >= 0.3 is 5.97 Å². The summed E-state index contributed by atoms with van der Waals surface area (Å²) in [6, 6.07) is 0. The average molecular weight is 649 g/mol. The molecule has 4 aliphatic carbocycles. The van der Waals surface area contributed by atoms with Gasteiger partial charge in [0.1, 0.15) is 6.10 Å². The molecule has 0 aromatic rings. The number of esters is 1. The van der Waals surface area contributed by atoms with Gasteiger partial charge in [-0.15, -0.1) is 0 Å². The lowest BCUT2D eigenvalue weighted by atomic mass is 9.47. The number of carbonyl (C=O) groups is 1. The molecule has 268 valence electrons. The number of rotatable bonds is 20. The zero-order chi connectivity index (χ0) is 33.7. The van der Waals surface area contributed by atoms with E-state index in [9.17, 15) is 4.79 Å². The van der Waals surface area contributed by atoms with Crippen LogP contribution in [0.4, 0.5) is 0 Å². The van der Waals surface area contributed by atoms with Crippen molar-refractivity contribution in [3.05, 3.63) is 36.0 Å². The van der Waals surface area contributed by atoms with Gasteiger partial charge in [0.2, 0.25) is 0 Å². The number of ether oxygens (including phenoxy) is 1. The van der Waals surface area contributed by atoms with Gasteiger partial charge in [0.05, 0.1) is 0 Å². The maximum absolute atomic E-state index is 12.8. The summed E-state index contributed by atoms with van der Waals surface area (Å²) >= 11 is 0. The predicted octanol–water partition coefficient (Wildman–Crippen LogP) is 13.8. The van der Waals surface area contributed by atoms with Gasteiger partial charge in [-0.3, -0.25) is 4.79 Å². The van der Waals surface area contributed by atoms with Crippen LogP contribution in [-0.2, 0) is 9.53 Å². The summed E-state index contributed by atoms with van der Waals surface area (Å²) in [7, 11) is 0. The number of hydrogen-bond acceptors (Lipinski definition) is 2. The van der Waals surface area contributed by atoms with E-state index >= 15 is 0 Å². The zero-order valence-electron chi connectivity index (χ0n) is 32.0. The van der Waals surface area contributed by atoms with E-state index in [0.29, 0.717) is 17.3 Å². The fraction of sp³-hybridized carbons (Fsp3) is 0.844. The first-order valence-corrected chi connectivity index (χ1v) is 20.9. The Labute approximate surface area is 292 Å². The molecule has 0 aromatic heterocycles. The van der Waals surface area contributed by atoms with Crippen molar-refractivity contribution in [2.24, 2.45) is 46.3 Å². The van der Waals surface area contributed by atoms with Crippen molar-refractivity contribution in [1.29, 1.82) is 0 Å². The van der Waals surface area contributed by atoms with E-state index in [1.807, 2.05) is 0 Å². The van der Waals surface area contributed by atoms with E-state index in [1.165, 1.54) is 109 Å². The molecule has 0 unspecified atom stereocenters. The molecule has 0 heterocycles. The molecule has 8 atom stereocenters. The normalized spacial score (nSPS) is 32.7. The molecule has 0 N–H and O–H groups in total. The van der Waals surface area contributed by atoms with E-state index in [0.717, 1.165) is 67.6 Å². The van der Waals surface area contributed by atoms with Gasteiger partial charge in [0, 0.05) is 12.8 Å². The average Bonchev–Trinajstić information content (AvgIpc) is 3.40. The lowest BCUT2D eigenvalue weighted by Gasteiger charge is -2.58. The monoisotopic (exact) mass is 649 g/mol. The van der Waals surface area contributed by atoms with Crippen molar-refractivity contribution in [3.63, 3.8) is 0 Å². The molecule has 2 nitrogen and oxygen atoms in total. The van der Waals surface area contributed by atoms with Crippen LogP contribution in [-0.4, -0.2) is 12.1 Å². The summed E-state index contributed by atoms with van der Waals surface area (Å²) < 4.78 is 6.12. The number of unbranched alkanes of at least 4 members (excludes halogenated alkanes) is 8. The summed E-state index contributed by atoms with van der Waals surface area (Å²) in [6.45, 7) is 14.9. The smallest absolute Gasteiger partial charge is 0.306 e. The molecule has 4 rings (SSSR count). The first-order valence-electron chi connectivity index (χ1n) is 20.9. The Morgan fingerprint density at radius 3 is 2.30 bits per heavy atom. The van der Waals surface area contributed by atoms with Crippen LogP contribution in [0.1, 0.15) is 189 Å². The van der Waals surface area contributed by atoms with E-state index in [-0.39, 0.29) is 12.1 Å². The third kappa shape index (κ3) is 10.6. The highest BCUT2D eigenvalue weighted by Crippen LogP contribution is 2.67. The van der Waals surface area contributed by atoms with E-state index in [2.05, 4.69) is 71.9 Å². The topological polar surface area (TPSA) is 26.3 Å². The molecular formula is C45H76O2. The molecule has 3 saturated carbocycles. The molecule has 0 radical (unpaired) electrons. The first-order chi connectivity index (χ1) is 22.7. The minimum atomic E-state index is 0.0477. The Kier molecular flexibility index (Phi) is 15.7. The van der Waals surface area contributed by atoms with Gasteiger partial charge in [0.15, 0.2) is 0 Å². The first kappa shape index (κ1) is 38.5. The van der Waals surface area contributed by atoms with Gasteiger partial charge in [-0.05, 0) is 130 Å². The van der Waals surface area contributed by atoms with Gasteiger partial charge in [-0.1, -0.05) is 129 Å². The fourth-order valence-corrected chi connectivity index (χ4v) is 11.1. The molecular weight excluding hydrogens is 572 g/mol. The second-order valence-electron chi connectivity index (χ2n) is 17.6. The third-order valence-corrected chi connectivity index (χ3v) is 13.9. The minimum Gasteiger partial charge on any atom is -0.462 e. The van der Waals surface area contributed by atoms with Crippen molar-refractivity contribution in [2.75, 3.05) is 0 Å². The molecule has 0 spiro atoms. The second kappa shape index (κ2) is 19.2. The van der Waals surface area contributed by atoms with Crippen LogP contribution in [0, 0.1) is 46.3 Å². The van der Waals surface area contributed by atoms with Crippen molar-refractivity contribution in [2.45, 2.75) is 195 Å². The van der Waals surface area contributed by atoms with Gasteiger partial charge in [-0.25, -0.2) is 0 Å². The molecule has 4 aliphatic rings. The van der Waals surface area contributed by atoms with E-state index in [4.69, 9.17) is 4.74 Å². The minimum absolute atomic E-state index is 0.0477. The SMILES string of the molecule is CCCCC/C=C/C/C=C/CCCCCCCC(=O)O[C@H]1CC[C@@]2(C)C(=CC[C@@H]3[C@H]4CC[C@@H]([C@@H](C)CCCC(C)C)[C@@]4(C)CC[C@H]32)C1. The predicted molar refractivity (Wildman–Crippen MR) is 202 cm³/mol. The molecule has 3 fully saturated rings. The highest BCUT2D eigenvalue weighted by Gasteiger charge is 2.59. The summed E-state index contributed by atoms with van der Waals surface area (Å²) in [5.41, 5.74) is 2.52. The highest BCUT2D eigenvalue weighted by molar-refractivity contribution is 5.69. The lowest BCUT2D eigenvalue weighted by Crippen LogP contribution is -2.51. The lowest BCUT2D eigenvalue weighted by molar-refractivity contribution is -0.151. The second-order valence-corrected chi connectivity index (χ2v) is 17.6. The van der Waals surface area contributed by atoms with E-state index < -0.39 is 0 Å². The van der Waals surface area contributed by atoms with Crippen LogP contribution >= 0.6 is 0 Å². The summed E-state index contributed by atoms with van der Waals surface area (Å²) in [5, 5.41) is 0. The van der Waals surface area contributed by atoms with E-state index in [1.54, 1.807) is 5.57 Å². The summed E-state index contributed by atoms with van der Waals surface area (Å²) in [6.07, 6.45) is 40.5. The number of carbonyl (C=O) groups excluding carboxylic acids is 1. The van der Waals surface area contributed by atoms with Crippen molar-refractivity contribution < 1.29 is 9.53 Å². The molecule has 0 aromatic carbocycles. The molecule has 47 heavy (non-hydrogen) atoms. The van der Waals surface area contributed by atoms with Crippen LogP contribution in [0.3, 0.4) is 0 Å². The molecule has 0 aliphatic heterocycles. The summed E-state index contributed by atoms with van der Waals surface area (Å²) in [4.78, 5) is 12.8. The molecule has 0 amide bonds. The maximum atomic E-state index is 12.8. The molecule has 2 heteroatoms. The zero-order valence-corrected chi connectivity index (χ0v) is 32.0. The van der Waals surface area contributed by atoms with Crippen LogP contribution < -0.4 is 0 Å². The molecule has 0 saturated heterocycles. The van der Waals surface area contributed by atoms with Crippen molar-refractivity contribution in [1.82, 2.24) is 0 Å². The van der Waals surface area contributed by atoms with Crippen LogP contribution in [0.25, 0.3) is 0 Å². The van der Waals surface area contributed by atoms with Crippen LogP contribution in [0.2, 0.25) is 0 Å². The van der Waals surface area contributed by atoms with Crippen molar-refractivity contribution in [3.8, 4) is 0 Å². The number of fused-ring (bicyclic) bond motifs is 5. The highest BCUT2D eigenvalue weighted by atomic mass is 16.5. The maximum Gasteiger partial charge on any atom is 0.306 e. The summed E-state index contributed by atoms with van der Waals surface area (Å²) in [5.74, 6) is 5.30. The Bertz CT molecular complexity index is 1020. The number of hydrogen-bond donors (Lipinski definition) is 0. The van der Waals surface area contributed by atoms with Gasteiger partial charge < -0.3 is 4.74 Å². The van der Waals surface area contributed by atoms with Crippen molar-refractivity contribution >= 4 is 5.97 Å². The van der Waals surface area contributed by atoms with Crippen LogP contribution in [0.5, 0.6) is 0 Å². The molecule has 0 bridgehead atoms.